The zero-order valence-corrected chi connectivity index (χ0v) is 24.2. The normalized spacial score (nSPS) is 14.5. The highest BCUT2D eigenvalue weighted by Gasteiger charge is 2.29. The number of benzene rings is 2. The van der Waals surface area contributed by atoms with Gasteiger partial charge in [0.25, 0.3) is 0 Å². The molecule has 2 aromatic rings. The summed E-state index contributed by atoms with van der Waals surface area (Å²) in [5.41, 5.74) is 17.9. The van der Waals surface area contributed by atoms with Gasteiger partial charge in [-0.25, -0.2) is 0 Å². The van der Waals surface area contributed by atoms with Crippen molar-refractivity contribution >= 4 is 5.69 Å². The minimum Gasteiger partial charge on any atom is -0.398 e. The largest absolute Gasteiger partial charge is 0.398 e. The van der Waals surface area contributed by atoms with E-state index in [1.807, 2.05) is 0 Å². The number of nitrogen functional groups attached to an aromatic ring is 1. The maximum absolute atomic E-state index is 6.96. The first-order valence-corrected chi connectivity index (χ1v) is 12.8. The molecule has 2 rings (SSSR count). The molecule has 0 spiro atoms. The lowest BCUT2D eigenvalue weighted by molar-refractivity contribution is 0.560. The van der Waals surface area contributed by atoms with Crippen molar-refractivity contribution in [3.63, 3.8) is 0 Å². The summed E-state index contributed by atoms with van der Waals surface area (Å²) in [4.78, 5) is 0. The summed E-state index contributed by atoms with van der Waals surface area (Å²) >= 11 is 0. The number of rotatable bonds is 3. The predicted molar refractivity (Wildman–Crippen MR) is 149 cm³/mol. The van der Waals surface area contributed by atoms with Crippen molar-refractivity contribution in [3.8, 4) is 0 Å². The monoisotopic (exact) mass is 449 g/mol. The standard InChI is InChI=1S/C32H51N/c1-15-23-24(16-21(29(3,4)5)18-26(23)31(9,10)11)20(2)25-17-22(30(6,7)8)19-27(28(25)33)32(12,13)14/h16-20H,15,33H2,1-14H3. The molecule has 1 heteroatoms. The Balaban J connectivity index is 2.94. The maximum Gasteiger partial charge on any atom is 0.0390 e. The predicted octanol–water partition coefficient (Wildman–Crippen LogP) is 9.17. The second-order valence-electron chi connectivity index (χ2n) is 14.2. The van der Waals surface area contributed by atoms with Crippen molar-refractivity contribution in [3.05, 3.63) is 63.2 Å². The van der Waals surface area contributed by atoms with Crippen LogP contribution < -0.4 is 5.73 Å². The van der Waals surface area contributed by atoms with Crippen molar-refractivity contribution < 1.29 is 0 Å². The minimum absolute atomic E-state index is 0.00275. The molecule has 1 unspecified atom stereocenters. The van der Waals surface area contributed by atoms with Crippen molar-refractivity contribution in [2.24, 2.45) is 0 Å². The Morgan fingerprint density at radius 1 is 0.606 bits per heavy atom. The lowest BCUT2D eigenvalue weighted by atomic mass is 9.72. The van der Waals surface area contributed by atoms with E-state index in [2.05, 4.69) is 121 Å². The molecule has 0 saturated carbocycles. The smallest absolute Gasteiger partial charge is 0.0390 e. The van der Waals surface area contributed by atoms with E-state index in [1.165, 1.54) is 38.9 Å². The van der Waals surface area contributed by atoms with Crippen molar-refractivity contribution in [2.45, 2.75) is 131 Å². The molecule has 0 amide bonds. The van der Waals surface area contributed by atoms with E-state index in [0.717, 1.165) is 12.1 Å². The summed E-state index contributed by atoms with van der Waals surface area (Å²) < 4.78 is 0. The molecule has 0 bridgehead atoms. The van der Waals surface area contributed by atoms with Crippen LogP contribution in [0.25, 0.3) is 0 Å². The van der Waals surface area contributed by atoms with Gasteiger partial charge < -0.3 is 5.73 Å². The van der Waals surface area contributed by atoms with Gasteiger partial charge in [0, 0.05) is 11.6 Å². The molecular weight excluding hydrogens is 398 g/mol. The lowest BCUT2D eigenvalue weighted by Crippen LogP contribution is -2.22. The summed E-state index contributed by atoms with van der Waals surface area (Å²) in [6.07, 6.45) is 1.03. The van der Waals surface area contributed by atoms with Crippen molar-refractivity contribution in [1.29, 1.82) is 0 Å². The number of hydrogen-bond donors (Lipinski definition) is 1. The Hall–Kier alpha value is -1.76. The molecule has 0 saturated heterocycles. The van der Waals surface area contributed by atoms with Crippen LogP contribution in [0.15, 0.2) is 24.3 Å². The minimum atomic E-state index is -0.00275. The van der Waals surface area contributed by atoms with Crippen LogP contribution in [0.1, 0.15) is 142 Å². The van der Waals surface area contributed by atoms with E-state index in [-0.39, 0.29) is 27.6 Å². The molecule has 0 aliphatic carbocycles. The average molecular weight is 450 g/mol. The van der Waals surface area contributed by atoms with Gasteiger partial charge in [-0.15, -0.1) is 0 Å². The molecular formula is C32H51N. The molecule has 33 heavy (non-hydrogen) atoms. The molecule has 0 aromatic heterocycles. The third-order valence-electron chi connectivity index (χ3n) is 7.13. The van der Waals surface area contributed by atoms with Crippen LogP contribution in [0.3, 0.4) is 0 Å². The van der Waals surface area contributed by atoms with Crippen LogP contribution in [-0.2, 0) is 28.1 Å². The van der Waals surface area contributed by atoms with Crippen LogP contribution in [-0.4, -0.2) is 0 Å². The van der Waals surface area contributed by atoms with E-state index in [9.17, 15) is 0 Å². The highest BCUT2D eigenvalue weighted by molar-refractivity contribution is 5.63. The third kappa shape index (κ3) is 5.84. The fourth-order valence-corrected chi connectivity index (χ4v) is 4.83. The molecule has 0 heterocycles. The summed E-state index contributed by atoms with van der Waals surface area (Å²) in [6, 6.07) is 9.66. The zero-order valence-electron chi connectivity index (χ0n) is 24.2. The van der Waals surface area contributed by atoms with Gasteiger partial charge in [-0.2, -0.15) is 0 Å². The Kier molecular flexibility index (Phi) is 7.32. The first kappa shape index (κ1) is 27.5. The van der Waals surface area contributed by atoms with Crippen LogP contribution in [0.5, 0.6) is 0 Å². The first-order valence-electron chi connectivity index (χ1n) is 12.8. The Labute approximate surface area is 205 Å². The van der Waals surface area contributed by atoms with Gasteiger partial charge in [0.1, 0.15) is 0 Å². The summed E-state index contributed by atoms with van der Waals surface area (Å²) in [5, 5.41) is 0. The molecule has 1 nitrogen and oxygen atoms in total. The third-order valence-corrected chi connectivity index (χ3v) is 7.13. The molecule has 2 aromatic carbocycles. The first-order chi connectivity index (χ1) is 14.7. The lowest BCUT2D eigenvalue weighted by Gasteiger charge is -2.33. The molecule has 0 fully saturated rings. The Morgan fingerprint density at radius 3 is 1.36 bits per heavy atom. The Morgan fingerprint density at radius 2 is 1.00 bits per heavy atom. The number of anilines is 1. The zero-order chi connectivity index (χ0) is 25.7. The molecule has 184 valence electrons. The molecule has 0 aliphatic rings. The van der Waals surface area contributed by atoms with Gasteiger partial charge in [-0.3, -0.25) is 0 Å². The molecule has 0 radical (unpaired) electrons. The van der Waals surface area contributed by atoms with E-state index >= 15 is 0 Å². The van der Waals surface area contributed by atoms with Crippen LogP contribution >= 0.6 is 0 Å². The van der Waals surface area contributed by atoms with Gasteiger partial charge in [0.05, 0.1) is 0 Å². The average Bonchev–Trinajstić information content (AvgIpc) is 2.63. The fraction of sp³-hybridized carbons (Fsp3) is 0.625. The van der Waals surface area contributed by atoms with Crippen molar-refractivity contribution in [1.82, 2.24) is 0 Å². The molecule has 2 N–H and O–H groups in total. The second kappa shape index (κ2) is 8.79. The highest BCUT2D eigenvalue weighted by atomic mass is 14.6. The summed E-state index contributed by atoms with van der Waals surface area (Å²) in [6.45, 7) is 32.4. The van der Waals surface area contributed by atoms with Gasteiger partial charge >= 0.3 is 0 Å². The van der Waals surface area contributed by atoms with E-state index in [0.29, 0.717) is 0 Å². The number of hydrogen-bond acceptors (Lipinski definition) is 1. The molecule has 0 aliphatic heterocycles. The quantitative estimate of drug-likeness (QED) is 0.464. The van der Waals surface area contributed by atoms with Crippen LogP contribution in [0.4, 0.5) is 5.69 Å². The van der Waals surface area contributed by atoms with E-state index < -0.39 is 0 Å². The summed E-state index contributed by atoms with van der Waals surface area (Å²) in [7, 11) is 0. The van der Waals surface area contributed by atoms with Gasteiger partial charge in [0.15, 0.2) is 0 Å². The topological polar surface area (TPSA) is 26.0 Å². The fourth-order valence-electron chi connectivity index (χ4n) is 4.83. The summed E-state index contributed by atoms with van der Waals surface area (Å²) in [5.74, 6) is 0.228. The maximum atomic E-state index is 6.96. The van der Waals surface area contributed by atoms with Crippen molar-refractivity contribution in [2.75, 3.05) is 5.73 Å². The Bertz CT molecular complexity index is 995. The number of nitrogens with two attached hydrogens (primary N) is 1. The second-order valence-corrected chi connectivity index (χ2v) is 14.2. The SMILES string of the molecule is CCc1c(C(C)c2cc(C(C)(C)C)cc(C(C)(C)C)c2N)cc(C(C)(C)C)cc1C(C)(C)C. The van der Waals surface area contributed by atoms with Crippen LogP contribution in [0, 0.1) is 0 Å². The highest BCUT2D eigenvalue weighted by Crippen LogP contribution is 2.43. The van der Waals surface area contributed by atoms with Gasteiger partial charge in [-0.1, -0.05) is 121 Å². The van der Waals surface area contributed by atoms with E-state index in [4.69, 9.17) is 5.73 Å². The van der Waals surface area contributed by atoms with Gasteiger partial charge in [-0.05, 0) is 67.0 Å². The molecule has 1 atom stereocenters. The van der Waals surface area contributed by atoms with Crippen LogP contribution in [0.2, 0.25) is 0 Å². The van der Waals surface area contributed by atoms with Gasteiger partial charge in [0.2, 0.25) is 0 Å². The van der Waals surface area contributed by atoms with E-state index in [1.54, 1.807) is 0 Å².